The van der Waals surface area contributed by atoms with Crippen LogP contribution in [0.25, 0.3) is 0 Å². The Morgan fingerprint density at radius 1 is 1.24 bits per heavy atom. The highest BCUT2D eigenvalue weighted by molar-refractivity contribution is 6.31. The number of benzene rings is 2. The second-order valence-electron chi connectivity index (χ2n) is 5.19. The van der Waals surface area contributed by atoms with Crippen LogP contribution in [0, 0.1) is 13.8 Å². The van der Waals surface area contributed by atoms with Gasteiger partial charge in [0.25, 0.3) is 0 Å². The topological polar surface area (TPSA) is 47.3 Å². The summed E-state index contributed by atoms with van der Waals surface area (Å²) in [7, 11) is 1.68. The van der Waals surface area contributed by atoms with Gasteiger partial charge in [-0.05, 0) is 49.1 Å². The molecule has 1 atom stereocenters. The number of nitrogens with two attached hydrogens (primary N) is 1. The van der Waals surface area contributed by atoms with Crippen LogP contribution in [0.3, 0.4) is 0 Å². The van der Waals surface area contributed by atoms with Gasteiger partial charge < -0.3 is 4.74 Å². The zero-order valence-corrected chi connectivity index (χ0v) is 13.4. The van der Waals surface area contributed by atoms with Gasteiger partial charge >= 0.3 is 0 Å². The Morgan fingerprint density at radius 3 is 2.67 bits per heavy atom. The Bertz CT molecular complexity index is 628. The Kier molecular flexibility index (Phi) is 5.23. The van der Waals surface area contributed by atoms with E-state index in [9.17, 15) is 0 Å². The Morgan fingerprint density at radius 2 is 2.00 bits per heavy atom. The summed E-state index contributed by atoms with van der Waals surface area (Å²) >= 11 is 6.21. The maximum atomic E-state index is 6.21. The largest absolute Gasteiger partial charge is 0.496 e. The number of hydrogen-bond donors (Lipinski definition) is 2. The number of ether oxygens (including phenoxy) is 1. The molecule has 0 amide bonds. The van der Waals surface area contributed by atoms with Crippen LogP contribution >= 0.6 is 11.6 Å². The van der Waals surface area contributed by atoms with Crippen LogP contribution in [-0.4, -0.2) is 7.11 Å². The summed E-state index contributed by atoms with van der Waals surface area (Å²) in [6, 6.07) is 12.0. The van der Waals surface area contributed by atoms with Gasteiger partial charge in [0.05, 0.1) is 13.2 Å². The average Bonchev–Trinajstić information content (AvgIpc) is 2.48. The van der Waals surface area contributed by atoms with Crippen molar-refractivity contribution in [1.29, 1.82) is 0 Å². The van der Waals surface area contributed by atoms with Gasteiger partial charge in [0.2, 0.25) is 0 Å². The van der Waals surface area contributed by atoms with Crippen LogP contribution in [0.1, 0.15) is 28.3 Å². The van der Waals surface area contributed by atoms with Crippen molar-refractivity contribution < 1.29 is 4.74 Å². The van der Waals surface area contributed by atoms with E-state index in [1.54, 1.807) is 7.11 Å². The van der Waals surface area contributed by atoms with Crippen molar-refractivity contribution in [3.63, 3.8) is 0 Å². The molecular formula is C17H21ClN2O. The molecule has 0 aliphatic heterocycles. The first-order valence-electron chi connectivity index (χ1n) is 6.91. The van der Waals surface area contributed by atoms with E-state index in [1.165, 1.54) is 5.56 Å². The van der Waals surface area contributed by atoms with Crippen LogP contribution in [0.15, 0.2) is 36.4 Å². The van der Waals surface area contributed by atoms with Crippen molar-refractivity contribution in [2.75, 3.05) is 7.11 Å². The number of nitrogens with one attached hydrogen (secondary N) is 1. The molecule has 2 aromatic carbocycles. The number of rotatable bonds is 5. The first-order chi connectivity index (χ1) is 10.1. The van der Waals surface area contributed by atoms with Gasteiger partial charge in [0, 0.05) is 5.02 Å². The molecule has 3 N–H and O–H groups in total. The zero-order valence-electron chi connectivity index (χ0n) is 12.6. The third-order valence-corrected chi connectivity index (χ3v) is 4.16. The summed E-state index contributed by atoms with van der Waals surface area (Å²) in [5.74, 6) is 6.64. The fourth-order valence-electron chi connectivity index (χ4n) is 2.55. The van der Waals surface area contributed by atoms with Crippen molar-refractivity contribution in [2.45, 2.75) is 26.3 Å². The van der Waals surface area contributed by atoms with Crippen molar-refractivity contribution in [3.8, 4) is 5.75 Å². The second kappa shape index (κ2) is 6.94. The van der Waals surface area contributed by atoms with Gasteiger partial charge in [0.1, 0.15) is 5.75 Å². The minimum absolute atomic E-state index is 0.0144. The first kappa shape index (κ1) is 15.8. The lowest BCUT2D eigenvalue weighted by Crippen LogP contribution is -2.30. The highest BCUT2D eigenvalue weighted by Crippen LogP contribution is 2.29. The molecule has 2 aromatic rings. The maximum Gasteiger partial charge on any atom is 0.122 e. The van der Waals surface area contributed by atoms with E-state index in [-0.39, 0.29) is 6.04 Å². The molecule has 0 spiro atoms. The summed E-state index contributed by atoms with van der Waals surface area (Å²) < 4.78 is 5.44. The Hall–Kier alpha value is -1.55. The predicted octanol–water partition coefficient (Wildman–Crippen LogP) is 3.71. The predicted molar refractivity (Wildman–Crippen MR) is 87.7 cm³/mol. The Balaban J connectivity index is 2.35. The average molecular weight is 305 g/mol. The lowest BCUT2D eigenvalue weighted by atomic mass is 9.94. The number of halogens is 1. The van der Waals surface area contributed by atoms with Gasteiger partial charge in [-0.1, -0.05) is 41.4 Å². The molecule has 2 rings (SSSR count). The smallest absolute Gasteiger partial charge is 0.122 e. The molecule has 112 valence electrons. The van der Waals surface area contributed by atoms with Crippen molar-refractivity contribution in [3.05, 3.63) is 63.7 Å². The SMILES string of the molecule is COc1ccc(C)cc1CC(NN)c1cccc(Cl)c1C. The van der Waals surface area contributed by atoms with E-state index >= 15 is 0 Å². The van der Waals surface area contributed by atoms with Crippen LogP contribution < -0.4 is 16.0 Å². The van der Waals surface area contributed by atoms with E-state index < -0.39 is 0 Å². The van der Waals surface area contributed by atoms with Gasteiger partial charge in [-0.15, -0.1) is 0 Å². The fraction of sp³-hybridized carbons (Fsp3) is 0.294. The molecular weight excluding hydrogens is 284 g/mol. The number of hydrazine groups is 1. The lowest BCUT2D eigenvalue weighted by molar-refractivity contribution is 0.405. The van der Waals surface area contributed by atoms with Gasteiger partial charge in [0.15, 0.2) is 0 Å². The molecule has 0 aromatic heterocycles. The summed E-state index contributed by atoms with van der Waals surface area (Å²) in [5.41, 5.74) is 7.37. The van der Waals surface area contributed by atoms with E-state index in [0.29, 0.717) is 0 Å². The van der Waals surface area contributed by atoms with Gasteiger partial charge in [-0.25, -0.2) is 0 Å². The number of hydrogen-bond acceptors (Lipinski definition) is 3. The van der Waals surface area contributed by atoms with Crippen molar-refractivity contribution in [1.82, 2.24) is 5.43 Å². The van der Waals surface area contributed by atoms with E-state index in [1.807, 2.05) is 37.3 Å². The summed E-state index contributed by atoms with van der Waals surface area (Å²) in [5, 5.41) is 0.754. The third-order valence-electron chi connectivity index (χ3n) is 3.75. The highest BCUT2D eigenvalue weighted by Gasteiger charge is 2.16. The molecule has 0 aliphatic rings. The highest BCUT2D eigenvalue weighted by atomic mass is 35.5. The number of methoxy groups -OCH3 is 1. The van der Waals surface area contributed by atoms with E-state index in [4.69, 9.17) is 22.2 Å². The molecule has 1 unspecified atom stereocenters. The standard InChI is InChI=1S/C17H21ClN2O/c1-11-7-8-17(21-3)13(9-11)10-16(20-19)14-5-4-6-15(18)12(14)2/h4-9,16,20H,10,19H2,1-3H3. The number of aryl methyl sites for hydroxylation is 1. The molecule has 21 heavy (non-hydrogen) atoms. The van der Waals surface area contributed by atoms with E-state index in [2.05, 4.69) is 18.4 Å². The van der Waals surface area contributed by atoms with Crippen LogP contribution in [0.4, 0.5) is 0 Å². The lowest BCUT2D eigenvalue weighted by Gasteiger charge is -2.20. The Labute approximate surface area is 131 Å². The molecule has 4 heteroatoms. The minimum atomic E-state index is -0.0144. The fourth-order valence-corrected chi connectivity index (χ4v) is 2.73. The molecule has 3 nitrogen and oxygen atoms in total. The van der Waals surface area contributed by atoms with Gasteiger partial charge in [-0.3, -0.25) is 11.3 Å². The van der Waals surface area contributed by atoms with Crippen molar-refractivity contribution in [2.24, 2.45) is 5.84 Å². The van der Waals surface area contributed by atoms with Crippen molar-refractivity contribution >= 4 is 11.6 Å². The molecule has 0 saturated carbocycles. The molecule has 0 saturated heterocycles. The first-order valence-corrected chi connectivity index (χ1v) is 7.29. The third kappa shape index (κ3) is 3.56. The quantitative estimate of drug-likeness (QED) is 0.654. The van der Waals surface area contributed by atoms with Gasteiger partial charge in [-0.2, -0.15) is 0 Å². The summed E-state index contributed by atoms with van der Waals surface area (Å²) in [6.45, 7) is 4.08. The molecule has 0 bridgehead atoms. The monoisotopic (exact) mass is 304 g/mol. The maximum absolute atomic E-state index is 6.21. The zero-order chi connectivity index (χ0) is 15.4. The molecule has 0 fully saturated rings. The van der Waals surface area contributed by atoms with Crippen LogP contribution in [-0.2, 0) is 6.42 Å². The van der Waals surface area contributed by atoms with Crippen LogP contribution in [0.2, 0.25) is 5.02 Å². The minimum Gasteiger partial charge on any atom is -0.496 e. The summed E-state index contributed by atoms with van der Waals surface area (Å²) in [4.78, 5) is 0. The van der Waals surface area contributed by atoms with E-state index in [0.717, 1.165) is 33.9 Å². The summed E-state index contributed by atoms with van der Waals surface area (Å²) in [6.07, 6.45) is 0.739. The second-order valence-corrected chi connectivity index (χ2v) is 5.60. The van der Waals surface area contributed by atoms with Crippen LogP contribution in [0.5, 0.6) is 5.75 Å². The molecule has 0 radical (unpaired) electrons. The molecule has 0 heterocycles. The normalized spacial score (nSPS) is 12.2. The molecule has 0 aliphatic carbocycles.